The van der Waals surface area contributed by atoms with Crippen LogP contribution in [-0.2, 0) is 6.54 Å². The van der Waals surface area contributed by atoms with Crippen molar-refractivity contribution in [2.75, 3.05) is 6.61 Å². The van der Waals surface area contributed by atoms with Crippen molar-refractivity contribution in [2.24, 2.45) is 5.92 Å². The molecular weight excluding hydrogens is 288 g/mol. The van der Waals surface area contributed by atoms with Gasteiger partial charge in [-0.3, -0.25) is 0 Å². The van der Waals surface area contributed by atoms with Gasteiger partial charge < -0.3 is 10.4 Å². The summed E-state index contributed by atoms with van der Waals surface area (Å²) in [6.45, 7) is 1.17. The molecular formula is C15H20N2OS2. The highest BCUT2D eigenvalue weighted by atomic mass is 32.1. The Morgan fingerprint density at radius 1 is 1.35 bits per heavy atom. The van der Waals surface area contributed by atoms with Crippen LogP contribution in [-0.4, -0.2) is 22.7 Å². The van der Waals surface area contributed by atoms with Crippen LogP contribution in [0.3, 0.4) is 0 Å². The summed E-state index contributed by atoms with van der Waals surface area (Å²) in [7, 11) is 0. The molecule has 3 nitrogen and oxygen atoms in total. The number of aromatic nitrogens is 1. The second-order valence-corrected chi connectivity index (χ2v) is 7.25. The lowest BCUT2D eigenvalue weighted by molar-refractivity contribution is 0.152. The van der Waals surface area contributed by atoms with Gasteiger partial charge in [-0.2, -0.15) is 11.3 Å². The normalized spacial score (nSPS) is 23.1. The predicted molar refractivity (Wildman–Crippen MR) is 85.1 cm³/mol. The second-order valence-electron chi connectivity index (χ2n) is 5.36. The van der Waals surface area contributed by atoms with Crippen molar-refractivity contribution in [3.05, 3.63) is 27.9 Å². The molecule has 2 aromatic rings. The molecule has 3 rings (SSSR count). The van der Waals surface area contributed by atoms with Gasteiger partial charge in [0.2, 0.25) is 0 Å². The van der Waals surface area contributed by atoms with E-state index in [1.54, 1.807) is 22.7 Å². The third-order valence-corrected chi connectivity index (χ3v) is 5.73. The summed E-state index contributed by atoms with van der Waals surface area (Å²) >= 11 is 3.46. The number of thiophene rings is 1. The van der Waals surface area contributed by atoms with Crippen LogP contribution in [0.4, 0.5) is 0 Å². The molecule has 0 aromatic carbocycles. The van der Waals surface area contributed by atoms with E-state index in [-0.39, 0.29) is 0 Å². The molecule has 0 saturated heterocycles. The number of nitrogens with one attached hydrogen (secondary N) is 1. The van der Waals surface area contributed by atoms with E-state index < -0.39 is 0 Å². The third-order valence-electron chi connectivity index (χ3n) is 4.00. The average Bonchev–Trinajstić information content (AvgIpc) is 3.16. The predicted octanol–water partition coefficient (Wildman–Crippen LogP) is 3.51. The number of nitrogens with zero attached hydrogens (tertiary/aromatic N) is 1. The molecule has 0 spiro atoms. The fourth-order valence-electron chi connectivity index (χ4n) is 2.84. The second kappa shape index (κ2) is 6.80. The minimum absolute atomic E-state index is 0.306. The molecule has 2 unspecified atom stereocenters. The van der Waals surface area contributed by atoms with Gasteiger partial charge in [0, 0.05) is 41.2 Å². The van der Waals surface area contributed by atoms with E-state index in [1.165, 1.54) is 29.7 Å². The van der Waals surface area contributed by atoms with Crippen molar-refractivity contribution in [3.63, 3.8) is 0 Å². The maximum atomic E-state index is 9.44. The van der Waals surface area contributed by atoms with Gasteiger partial charge in [0.15, 0.2) is 0 Å². The quantitative estimate of drug-likeness (QED) is 0.888. The summed E-state index contributed by atoms with van der Waals surface area (Å²) in [6.07, 6.45) is 6.84. The van der Waals surface area contributed by atoms with Gasteiger partial charge in [-0.15, -0.1) is 11.3 Å². The van der Waals surface area contributed by atoms with Gasteiger partial charge in [0.05, 0.1) is 0 Å². The van der Waals surface area contributed by atoms with Crippen LogP contribution in [0.25, 0.3) is 10.6 Å². The van der Waals surface area contributed by atoms with Crippen molar-refractivity contribution in [3.8, 4) is 10.6 Å². The smallest absolute Gasteiger partial charge is 0.124 e. The van der Waals surface area contributed by atoms with Gasteiger partial charge >= 0.3 is 0 Å². The number of aliphatic hydroxyl groups excluding tert-OH is 1. The van der Waals surface area contributed by atoms with Crippen LogP contribution in [0.5, 0.6) is 0 Å². The van der Waals surface area contributed by atoms with Crippen molar-refractivity contribution < 1.29 is 5.11 Å². The van der Waals surface area contributed by atoms with Gasteiger partial charge in [-0.05, 0) is 30.2 Å². The first-order chi connectivity index (χ1) is 9.86. The fraction of sp³-hybridized carbons (Fsp3) is 0.533. The molecule has 1 aliphatic rings. The highest BCUT2D eigenvalue weighted by molar-refractivity contribution is 7.15. The summed E-state index contributed by atoms with van der Waals surface area (Å²) in [5.41, 5.74) is 1.22. The maximum absolute atomic E-state index is 9.44. The molecule has 1 saturated carbocycles. The van der Waals surface area contributed by atoms with Crippen molar-refractivity contribution in [1.29, 1.82) is 0 Å². The fourth-order valence-corrected chi connectivity index (χ4v) is 4.41. The van der Waals surface area contributed by atoms with Crippen LogP contribution in [0.1, 0.15) is 30.6 Å². The molecule has 20 heavy (non-hydrogen) atoms. The number of thiazole rings is 1. The van der Waals surface area contributed by atoms with Crippen LogP contribution < -0.4 is 5.32 Å². The van der Waals surface area contributed by atoms with Gasteiger partial charge in [0.25, 0.3) is 0 Å². The number of rotatable bonds is 5. The summed E-state index contributed by atoms with van der Waals surface area (Å²) in [6, 6.07) is 2.57. The van der Waals surface area contributed by atoms with E-state index >= 15 is 0 Å². The molecule has 0 aliphatic heterocycles. The number of hydrogen-bond acceptors (Lipinski definition) is 5. The first-order valence-corrected chi connectivity index (χ1v) is 8.94. The molecule has 0 radical (unpaired) electrons. The summed E-state index contributed by atoms with van der Waals surface area (Å²) in [5, 5.41) is 18.4. The van der Waals surface area contributed by atoms with Gasteiger partial charge in [0.1, 0.15) is 5.01 Å². The van der Waals surface area contributed by atoms with E-state index in [1.807, 2.05) is 6.20 Å². The summed E-state index contributed by atoms with van der Waals surface area (Å²) in [5.74, 6) is 0.424. The van der Waals surface area contributed by atoms with Crippen molar-refractivity contribution in [2.45, 2.75) is 38.3 Å². The van der Waals surface area contributed by atoms with Crippen LogP contribution in [0.2, 0.25) is 0 Å². The molecule has 1 fully saturated rings. The topological polar surface area (TPSA) is 45.1 Å². The Bertz CT molecular complexity index is 524. The lowest BCUT2D eigenvalue weighted by atomic mass is 9.85. The Morgan fingerprint density at radius 3 is 3.05 bits per heavy atom. The first-order valence-electron chi connectivity index (χ1n) is 7.18. The first kappa shape index (κ1) is 14.2. The van der Waals surface area contributed by atoms with E-state index in [0.29, 0.717) is 18.6 Å². The Hall–Kier alpha value is -0.750. The monoisotopic (exact) mass is 308 g/mol. The van der Waals surface area contributed by atoms with E-state index in [4.69, 9.17) is 0 Å². The minimum atomic E-state index is 0.306. The number of aliphatic hydroxyl groups is 1. The van der Waals surface area contributed by atoms with Crippen LogP contribution >= 0.6 is 22.7 Å². The molecule has 0 bridgehead atoms. The van der Waals surface area contributed by atoms with Crippen LogP contribution in [0.15, 0.2) is 23.0 Å². The molecule has 2 atom stereocenters. The Labute approximate surface area is 127 Å². The highest BCUT2D eigenvalue weighted by Gasteiger charge is 2.23. The molecule has 2 N–H and O–H groups in total. The highest BCUT2D eigenvalue weighted by Crippen LogP contribution is 2.28. The SMILES string of the molecule is OCC1CCCCC1NCc1cnc(-c2ccsc2)s1. The van der Waals surface area contributed by atoms with Crippen molar-refractivity contribution in [1.82, 2.24) is 10.3 Å². The third kappa shape index (κ3) is 3.28. The zero-order valence-corrected chi connectivity index (χ0v) is 13.1. The van der Waals surface area contributed by atoms with E-state index in [0.717, 1.165) is 18.0 Å². The van der Waals surface area contributed by atoms with E-state index in [9.17, 15) is 5.11 Å². The van der Waals surface area contributed by atoms with E-state index in [2.05, 4.69) is 27.1 Å². The van der Waals surface area contributed by atoms with Crippen LogP contribution in [0, 0.1) is 5.92 Å². The zero-order valence-electron chi connectivity index (χ0n) is 11.4. The largest absolute Gasteiger partial charge is 0.396 e. The van der Waals surface area contributed by atoms with Crippen molar-refractivity contribution >= 4 is 22.7 Å². The molecule has 1 aliphatic carbocycles. The maximum Gasteiger partial charge on any atom is 0.124 e. The lowest BCUT2D eigenvalue weighted by Crippen LogP contribution is -2.39. The van der Waals surface area contributed by atoms with Gasteiger partial charge in [-0.1, -0.05) is 12.8 Å². The molecule has 108 valence electrons. The zero-order chi connectivity index (χ0) is 13.8. The Balaban J connectivity index is 1.58. The molecule has 2 aromatic heterocycles. The standard InChI is InChI=1S/C15H20N2OS2/c18-9-11-3-1-2-4-14(11)16-7-13-8-17-15(20-13)12-5-6-19-10-12/h5-6,8,10-11,14,16,18H,1-4,7,9H2. The van der Waals surface area contributed by atoms with Gasteiger partial charge in [-0.25, -0.2) is 4.98 Å². The lowest BCUT2D eigenvalue weighted by Gasteiger charge is -2.30. The molecule has 0 amide bonds. The molecule has 2 heterocycles. The Kier molecular flexibility index (Phi) is 4.83. The number of hydrogen-bond donors (Lipinski definition) is 2. The molecule has 5 heteroatoms. The Morgan fingerprint density at radius 2 is 2.25 bits per heavy atom. The summed E-state index contributed by atoms with van der Waals surface area (Å²) < 4.78 is 0. The summed E-state index contributed by atoms with van der Waals surface area (Å²) in [4.78, 5) is 5.77. The average molecular weight is 308 g/mol. The minimum Gasteiger partial charge on any atom is -0.396 e.